The van der Waals surface area contributed by atoms with E-state index in [1.54, 1.807) is 7.11 Å². The quantitative estimate of drug-likeness (QED) is 0.322. The van der Waals surface area contributed by atoms with E-state index in [0.29, 0.717) is 50.5 Å². The summed E-state index contributed by atoms with van der Waals surface area (Å²) in [6.07, 6.45) is 2.17. The molecule has 0 radical (unpaired) electrons. The van der Waals surface area contributed by atoms with Crippen molar-refractivity contribution in [3.63, 3.8) is 0 Å². The van der Waals surface area contributed by atoms with E-state index in [-0.39, 0.29) is 42.7 Å². The first-order chi connectivity index (χ1) is 23.0. The van der Waals surface area contributed by atoms with E-state index in [9.17, 15) is 4.79 Å². The van der Waals surface area contributed by atoms with E-state index in [0.717, 1.165) is 43.9 Å². The summed E-state index contributed by atoms with van der Waals surface area (Å²) in [6.45, 7) is 9.52. The Balaban J connectivity index is 1.24. The van der Waals surface area contributed by atoms with Gasteiger partial charge >= 0.3 is 0 Å². The Morgan fingerprint density at radius 1 is 0.894 bits per heavy atom. The van der Waals surface area contributed by atoms with Crippen LogP contribution in [-0.4, -0.2) is 109 Å². The summed E-state index contributed by atoms with van der Waals surface area (Å²) in [5, 5.41) is 0. The van der Waals surface area contributed by atoms with Gasteiger partial charge in [0, 0.05) is 63.2 Å². The Labute approximate surface area is 278 Å². The number of hydrogen-bond donors (Lipinski definition) is 0. The van der Waals surface area contributed by atoms with Gasteiger partial charge in [0.25, 0.3) is 0 Å². The number of carbonyl (C=O) groups excluding carboxylic acids is 1. The molecule has 1 aliphatic carbocycles. The van der Waals surface area contributed by atoms with Gasteiger partial charge in [-0.15, -0.1) is 0 Å². The molecule has 0 bridgehead atoms. The van der Waals surface area contributed by atoms with Gasteiger partial charge in [0.1, 0.15) is 12.6 Å². The number of fused-ring (bicyclic) bond motifs is 1. The van der Waals surface area contributed by atoms with Gasteiger partial charge in [-0.3, -0.25) is 14.6 Å². The van der Waals surface area contributed by atoms with Crippen molar-refractivity contribution in [1.29, 1.82) is 0 Å². The van der Waals surface area contributed by atoms with Crippen LogP contribution in [0.2, 0.25) is 0 Å². The smallest absolute Gasteiger partial charge is 0.230 e. The molecule has 1 saturated carbocycles. The average molecular weight is 642 g/mol. The fourth-order valence-electron chi connectivity index (χ4n) is 7.51. The zero-order valence-corrected chi connectivity index (χ0v) is 27.8. The Kier molecular flexibility index (Phi) is 9.72. The van der Waals surface area contributed by atoms with E-state index in [1.807, 2.05) is 18.7 Å². The van der Waals surface area contributed by atoms with Crippen LogP contribution in [0.1, 0.15) is 61.0 Å². The monoisotopic (exact) mass is 641 g/mol. The van der Waals surface area contributed by atoms with Crippen molar-refractivity contribution in [3.05, 3.63) is 83.2 Å². The fraction of sp³-hybridized carbons (Fsp3) is 0.541. The molecule has 4 aliphatic rings. The maximum Gasteiger partial charge on any atom is 0.230 e. The molecule has 4 heterocycles. The topological polar surface area (TPSA) is 89.5 Å². The van der Waals surface area contributed by atoms with Crippen LogP contribution in [0.5, 0.6) is 11.8 Å². The number of methoxy groups -OCH3 is 1. The van der Waals surface area contributed by atoms with E-state index >= 15 is 0 Å². The highest BCUT2D eigenvalue weighted by atomic mass is 16.7. The molecule has 250 valence electrons. The summed E-state index contributed by atoms with van der Waals surface area (Å²) in [4.78, 5) is 30.7. The molecule has 3 saturated heterocycles. The second-order valence-electron chi connectivity index (χ2n) is 13.6. The predicted octanol–water partition coefficient (Wildman–Crippen LogP) is 4.30. The van der Waals surface area contributed by atoms with Crippen molar-refractivity contribution >= 4 is 5.91 Å². The van der Waals surface area contributed by atoms with Gasteiger partial charge in [0.05, 0.1) is 37.9 Å². The third kappa shape index (κ3) is 7.16. The van der Waals surface area contributed by atoms with Crippen molar-refractivity contribution in [2.24, 2.45) is 5.92 Å². The Bertz CT molecular complexity index is 1460. The van der Waals surface area contributed by atoms with Gasteiger partial charge in [-0.05, 0) is 37.8 Å². The Hall–Kier alpha value is -3.57. The molecule has 10 nitrogen and oxygen atoms in total. The van der Waals surface area contributed by atoms with Crippen molar-refractivity contribution in [1.82, 2.24) is 24.7 Å². The van der Waals surface area contributed by atoms with Gasteiger partial charge in [0.15, 0.2) is 0 Å². The molecule has 47 heavy (non-hydrogen) atoms. The Morgan fingerprint density at radius 3 is 2.17 bits per heavy atom. The number of rotatable bonds is 10. The number of benzene rings is 2. The van der Waals surface area contributed by atoms with E-state index < -0.39 is 0 Å². The van der Waals surface area contributed by atoms with Gasteiger partial charge in [-0.2, -0.15) is 9.97 Å². The van der Waals surface area contributed by atoms with Crippen LogP contribution in [0.15, 0.2) is 60.7 Å². The van der Waals surface area contributed by atoms with E-state index in [1.165, 1.54) is 11.1 Å². The molecule has 2 aromatic carbocycles. The summed E-state index contributed by atoms with van der Waals surface area (Å²) in [5.74, 6) is 2.42. The summed E-state index contributed by atoms with van der Waals surface area (Å²) in [7, 11) is 1.69. The van der Waals surface area contributed by atoms with Crippen LogP contribution >= 0.6 is 0 Å². The zero-order valence-electron chi connectivity index (χ0n) is 27.8. The average Bonchev–Trinajstić information content (AvgIpc) is 3.96. The summed E-state index contributed by atoms with van der Waals surface area (Å²) in [5.41, 5.74) is 3.46. The molecule has 2 atom stereocenters. The van der Waals surface area contributed by atoms with Gasteiger partial charge in [-0.1, -0.05) is 60.7 Å². The number of ether oxygens (including phenoxy) is 4. The molecule has 1 amide bonds. The first-order valence-electron chi connectivity index (χ1n) is 17.1. The third-order valence-corrected chi connectivity index (χ3v) is 9.85. The highest BCUT2D eigenvalue weighted by molar-refractivity contribution is 5.79. The van der Waals surface area contributed by atoms with Gasteiger partial charge in [-0.25, -0.2) is 0 Å². The lowest BCUT2D eigenvalue weighted by Crippen LogP contribution is -2.67. The van der Waals surface area contributed by atoms with Crippen LogP contribution in [0.3, 0.4) is 0 Å². The van der Waals surface area contributed by atoms with Crippen molar-refractivity contribution in [2.45, 2.75) is 63.3 Å². The number of aromatic nitrogens is 2. The molecule has 2 unspecified atom stereocenters. The lowest BCUT2D eigenvalue weighted by molar-refractivity contribution is -0.164. The van der Waals surface area contributed by atoms with Crippen LogP contribution < -0.4 is 9.47 Å². The summed E-state index contributed by atoms with van der Waals surface area (Å²) in [6, 6.07) is 22.0. The lowest BCUT2D eigenvalue weighted by atomic mass is 9.81. The largest absolute Gasteiger partial charge is 0.481 e. The first-order valence-corrected chi connectivity index (χ1v) is 17.1. The van der Waals surface area contributed by atoms with Gasteiger partial charge < -0.3 is 23.8 Å². The molecule has 3 aliphatic heterocycles. The van der Waals surface area contributed by atoms with Crippen LogP contribution in [-0.2, 0) is 20.8 Å². The second-order valence-corrected chi connectivity index (χ2v) is 13.6. The molecule has 7 rings (SSSR count). The third-order valence-electron chi connectivity index (χ3n) is 9.85. The lowest BCUT2D eigenvalue weighted by Gasteiger charge is -2.54. The fourth-order valence-corrected chi connectivity index (χ4v) is 7.51. The van der Waals surface area contributed by atoms with Crippen molar-refractivity contribution in [2.75, 3.05) is 59.8 Å². The SMILES string of the molecule is COc1nc(C2CC2)nc(OC(C)C)c1CN1CC2CN(C(=O)C3COCOC3)CCN2C(C(c2ccccc2)c2ccccc2)C1. The molecular weight excluding hydrogens is 594 g/mol. The first kappa shape index (κ1) is 32.0. The van der Waals surface area contributed by atoms with Crippen molar-refractivity contribution < 1.29 is 23.7 Å². The maximum atomic E-state index is 13.7. The number of piperazine rings is 2. The Morgan fingerprint density at radius 2 is 1.55 bits per heavy atom. The molecule has 0 N–H and O–H groups in total. The molecular formula is C37H47N5O5. The zero-order chi connectivity index (χ0) is 32.3. The molecule has 10 heteroatoms. The molecule has 0 spiro atoms. The van der Waals surface area contributed by atoms with E-state index in [2.05, 4.69) is 70.5 Å². The number of carbonyl (C=O) groups is 1. The number of amides is 1. The summed E-state index contributed by atoms with van der Waals surface area (Å²) >= 11 is 0. The van der Waals surface area contributed by atoms with Crippen LogP contribution in [0.4, 0.5) is 0 Å². The highest BCUT2D eigenvalue weighted by Crippen LogP contribution is 2.42. The second kappa shape index (κ2) is 14.3. The minimum Gasteiger partial charge on any atom is -0.481 e. The molecule has 4 fully saturated rings. The van der Waals surface area contributed by atoms with Crippen LogP contribution in [0, 0.1) is 5.92 Å². The molecule has 3 aromatic rings. The minimum atomic E-state index is -0.255. The standard InChI is InChI=1S/C37H47N5O5/c1-25(2)47-36-31(35(44-3)38-34(39-36)28-14-15-28)20-40-18-30-19-41(37(43)29-22-45-24-46-23-29)16-17-42(30)32(21-40)33(26-10-6-4-7-11-26)27-12-8-5-9-13-27/h4-13,25,28-30,32-33H,14-24H2,1-3H3. The summed E-state index contributed by atoms with van der Waals surface area (Å²) < 4.78 is 23.2. The van der Waals surface area contributed by atoms with Gasteiger partial charge in [0.2, 0.25) is 17.7 Å². The van der Waals surface area contributed by atoms with E-state index in [4.69, 9.17) is 28.9 Å². The van der Waals surface area contributed by atoms with Crippen LogP contribution in [0.25, 0.3) is 0 Å². The predicted molar refractivity (Wildman–Crippen MR) is 177 cm³/mol. The number of nitrogens with zero attached hydrogens (tertiary/aromatic N) is 5. The highest BCUT2D eigenvalue weighted by Gasteiger charge is 2.44. The number of hydrogen-bond acceptors (Lipinski definition) is 9. The normalized spacial score (nSPS) is 22.8. The van der Waals surface area contributed by atoms with Crippen molar-refractivity contribution in [3.8, 4) is 11.8 Å². The molecule has 1 aromatic heterocycles. The maximum absolute atomic E-state index is 13.7. The minimum absolute atomic E-state index is 0.0313.